The minimum atomic E-state index is 0.906. The van der Waals surface area contributed by atoms with Crippen LogP contribution in [0.5, 0.6) is 0 Å². The fourth-order valence-electron chi connectivity index (χ4n) is 7.24. The summed E-state index contributed by atoms with van der Waals surface area (Å²) in [6.07, 6.45) is 0. The summed E-state index contributed by atoms with van der Waals surface area (Å²) in [4.78, 5) is 2.33. The Morgan fingerprint density at radius 3 is 1.67 bits per heavy atom. The van der Waals surface area contributed by atoms with Crippen molar-refractivity contribution in [3.63, 3.8) is 0 Å². The van der Waals surface area contributed by atoms with E-state index in [4.69, 9.17) is 8.83 Å². The van der Waals surface area contributed by atoms with E-state index in [1.54, 1.807) is 0 Å². The highest BCUT2D eigenvalue weighted by Crippen LogP contribution is 2.41. The van der Waals surface area contributed by atoms with E-state index in [0.29, 0.717) is 0 Å². The molecular formula is C46H29NO2. The molecule has 2 aromatic heterocycles. The highest BCUT2D eigenvalue weighted by Gasteiger charge is 2.17. The molecule has 10 rings (SSSR count). The zero-order valence-corrected chi connectivity index (χ0v) is 26.5. The van der Waals surface area contributed by atoms with Crippen molar-refractivity contribution in [2.24, 2.45) is 0 Å². The summed E-state index contributed by atoms with van der Waals surface area (Å²) in [6.45, 7) is 0. The summed E-state index contributed by atoms with van der Waals surface area (Å²) in [7, 11) is 0. The van der Waals surface area contributed by atoms with Gasteiger partial charge in [0.25, 0.3) is 0 Å². The van der Waals surface area contributed by atoms with Crippen molar-refractivity contribution in [1.82, 2.24) is 0 Å². The molecule has 0 spiro atoms. The lowest BCUT2D eigenvalue weighted by molar-refractivity contribution is 0.669. The molecule has 0 atom stereocenters. The molecule has 0 aliphatic carbocycles. The van der Waals surface area contributed by atoms with Gasteiger partial charge in [0.1, 0.15) is 22.3 Å². The van der Waals surface area contributed by atoms with Gasteiger partial charge in [0, 0.05) is 44.2 Å². The van der Waals surface area contributed by atoms with E-state index in [9.17, 15) is 0 Å². The maximum Gasteiger partial charge on any atom is 0.143 e. The lowest BCUT2D eigenvalue weighted by Gasteiger charge is -2.26. The van der Waals surface area contributed by atoms with Gasteiger partial charge in [-0.25, -0.2) is 0 Å². The van der Waals surface area contributed by atoms with Crippen LogP contribution in [-0.4, -0.2) is 0 Å². The molecule has 2 heterocycles. The number of fused-ring (bicyclic) bond motifs is 7. The molecule has 0 aliphatic rings. The highest BCUT2D eigenvalue weighted by molar-refractivity contribution is 6.11. The van der Waals surface area contributed by atoms with Gasteiger partial charge in [0.2, 0.25) is 0 Å². The quantitative estimate of drug-likeness (QED) is 0.190. The molecule has 0 aliphatic heterocycles. The number of para-hydroxylation sites is 3. The third-order valence-corrected chi connectivity index (χ3v) is 9.65. The topological polar surface area (TPSA) is 29.5 Å². The predicted molar refractivity (Wildman–Crippen MR) is 204 cm³/mol. The first-order valence-electron chi connectivity index (χ1n) is 16.6. The SMILES string of the molecule is c1ccc(-c2ccc(N(c3ccc(-c4cccc5c4oc4ccccc45)cc3)c3ccc4cc5oc6ccccc6c5cc4c3)cc2)cc1. The second-order valence-corrected chi connectivity index (χ2v) is 12.6. The highest BCUT2D eigenvalue weighted by atomic mass is 16.3. The van der Waals surface area contributed by atoms with Crippen LogP contribution >= 0.6 is 0 Å². The Hall–Kier alpha value is -6.58. The average molecular weight is 628 g/mol. The van der Waals surface area contributed by atoms with Crippen molar-refractivity contribution in [1.29, 1.82) is 0 Å². The Morgan fingerprint density at radius 2 is 0.918 bits per heavy atom. The number of hydrogen-bond acceptors (Lipinski definition) is 3. The Balaban J connectivity index is 1.10. The minimum Gasteiger partial charge on any atom is -0.456 e. The van der Waals surface area contributed by atoms with Crippen LogP contribution in [-0.2, 0) is 0 Å². The largest absolute Gasteiger partial charge is 0.456 e. The number of furan rings is 2. The number of nitrogens with zero attached hydrogens (tertiary/aromatic N) is 1. The summed E-state index contributed by atoms with van der Waals surface area (Å²) in [5, 5.41) is 6.84. The molecule has 0 radical (unpaired) electrons. The van der Waals surface area contributed by atoms with Gasteiger partial charge in [-0.1, -0.05) is 115 Å². The van der Waals surface area contributed by atoms with E-state index in [1.807, 2.05) is 24.3 Å². The van der Waals surface area contributed by atoms with E-state index < -0.39 is 0 Å². The van der Waals surface area contributed by atoms with Crippen LogP contribution in [0.3, 0.4) is 0 Å². The van der Waals surface area contributed by atoms with Crippen molar-refractivity contribution in [2.75, 3.05) is 4.90 Å². The van der Waals surface area contributed by atoms with Crippen molar-refractivity contribution >= 4 is 71.7 Å². The molecule has 0 unspecified atom stereocenters. The lowest BCUT2D eigenvalue weighted by Crippen LogP contribution is -2.09. The predicted octanol–water partition coefficient (Wildman–Crippen LogP) is 13.4. The van der Waals surface area contributed by atoms with Crippen molar-refractivity contribution in [3.8, 4) is 22.3 Å². The third-order valence-electron chi connectivity index (χ3n) is 9.65. The fourth-order valence-corrected chi connectivity index (χ4v) is 7.24. The number of benzene rings is 8. The maximum atomic E-state index is 6.38. The molecule has 230 valence electrons. The molecule has 10 aromatic rings. The van der Waals surface area contributed by atoms with E-state index in [2.05, 4.69) is 157 Å². The maximum absolute atomic E-state index is 6.38. The number of rotatable bonds is 5. The Kier molecular flexibility index (Phi) is 6.18. The summed E-state index contributed by atoms with van der Waals surface area (Å²) >= 11 is 0. The Morgan fingerprint density at radius 1 is 0.327 bits per heavy atom. The van der Waals surface area contributed by atoms with Crippen LogP contribution in [0.1, 0.15) is 0 Å². The van der Waals surface area contributed by atoms with Gasteiger partial charge in [-0.3, -0.25) is 0 Å². The van der Waals surface area contributed by atoms with Gasteiger partial charge in [0.05, 0.1) is 0 Å². The molecule has 0 saturated heterocycles. The van der Waals surface area contributed by atoms with Crippen LogP contribution in [0.4, 0.5) is 17.1 Å². The first kappa shape index (κ1) is 27.5. The summed E-state index contributed by atoms with van der Waals surface area (Å²) < 4.78 is 12.6. The fraction of sp³-hybridized carbons (Fsp3) is 0. The van der Waals surface area contributed by atoms with Gasteiger partial charge >= 0.3 is 0 Å². The standard InChI is InChI=1S/C46H29NO2/c1-2-9-30(10-3-1)31-17-22-35(23-18-31)47(37-26-21-33-29-45-42(28-34(33)27-37)40-12-5-6-15-43(40)48-45)36-24-19-32(20-25-36)38-13-8-14-41-39-11-4-7-16-44(39)49-46(38)41/h1-29H. The van der Waals surface area contributed by atoms with Gasteiger partial charge < -0.3 is 13.7 Å². The summed E-state index contributed by atoms with van der Waals surface area (Å²) in [6, 6.07) is 62.1. The van der Waals surface area contributed by atoms with Gasteiger partial charge in [-0.15, -0.1) is 0 Å². The van der Waals surface area contributed by atoms with Crippen molar-refractivity contribution < 1.29 is 8.83 Å². The smallest absolute Gasteiger partial charge is 0.143 e. The zero-order chi connectivity index (χ0) is 32.3. The van der Waals surface area contributed by atoms with Crippen LogP contribution in [0.15, 0.2) is 185 Å². The first-order valence-corrected chi connectivity index (χ1v) is 16.6. The summed E-state index contributed by atoms with van der Waals surface area (Å²) in [5.41, 5.74) is 11.5. The third kappa shape index (κ3) is 4.59. The summed E-state index contributed by atoms with van der Waals surface area (Å²) in [5.74, 6) is 0. The minimum absolute atomic E-state index is 0.906. The van der Waals surface area contributed by atoms with Gasteiger partial charge in [0.15, 0.2) is 0 Å². The molecule has 0 N–H and O–H groups in total. The normalized spacial score (nSPS) is 11.7. The molecule has 3 nitrogen and oxygen atoms in total. The van der Waals surface area contributed by atoms with Crippen molar-refractivity contribution in [3.05, 3.63) is 176 Å². The molecular weight excluding hydrogens is 599 g/mol. The van der Waals surface area contributed by atoms with Crippen LogP contribution in [0.2, 0.25) is 0 Å². The second-order valence-electron chi connectivity index (χ2n) is 12.6. The second kappa shape index (κ2) is 11.0. The van der Waals surface area contributed by atoms with E-state index in [1.165, 1.54) is 11.1 Å². The molecule has 3 heteroatoms. The van der Waals surface area contributed by atoms with Crippen molar-refractivity contribution in [2.45, 2.75) is 0 Å². The van der Waals surface area contributed by atoms with Gasteiger partial charge in [-0.05, 0) is 88.1 Å². The zero-order valence-electron chi connectivity index (χ0n) is 26.5. The van der Waals surface area contributed by atoms with Crippen LogP contribution in [0.25, 0.3) is 76.9 Å². The molecule has 49 heavy (non-hydrogen) atoms. The molecule has 0 amide bonds. The number of anilines is 3. The van der Waals surface area contributed by atoms with Gasteiger partial charge in [-0.2, -0.15) is 0 Å². The van der Waals surface area contributed by atoms with E-state index >= 15 is 0 Å². The Bertz CT molecular complexity index is 2810. The van der Waals surface area contributed by atoms with Crippen LogP contribution < -0.4 is 4.90 Å². The van der Waals surface area contributed by atoms with E-state index in [0.717, 1.165) is 82.8 Å². The molecule has 0 bridgehead atoms. The van der Waals surface area contributed by atoms with Crippen LogP contribution in [0, 0.1) is 0 Å². The Labute approximate surface area is 282 Å². The van der Waals surface area contributed by atoms with E-state index in [-0.39, 0.29) is 0 Å². The average Bonchev–Trinajstić information content (AvgIpc) is 3.73. The first-order chi connectivity index (χ1) is 24.3. The monoisotopic (exact) mass is 627 g/mol. The lowest BCUT2D eigenvalue weighted by atomic mass is 10.0. The molecule has 8 aromatic carbocycles. The molecule has 0 saturated carbocycles. The number of hydrogen-bond donors (Lipinski definition) is 0. The molecule has 0 fully saturated rings.